The molecule has 0 aliphatic heterocycles. The van der Waals surface area contributed by atoms with Gasteiger partial charge in [0.15, 0.2) is 5.12 Å². The molecule has 0 rings (SSSR count). The van der Waals surface area contributed by atoms with E-state index in [1.807, 2.05) is 6.92 Å². The molecule has 84 valence electrons. The molecule has 0 amide bonds. The summed E-state index contributed by atoms with van der Waals surface area (Å²) in [6.45, 7) is 2.77. The van der Waals surface area contributed by atoms with Crippen LogP contribution in [0.1, 0.15) is 46.0 Å². The number of unbranched alkanes of at least 4 members (excludes halogenated alkanes) is 2. The van der Waals surface area contributed by atoms with Gasteiger partial charge in [0.05, 0.1) is 0 Å². The topological polar surface area (TPSA) is 17.1 Å². The molecule has 0 heterocycles. The number of carbonyl (C=O) groups is 1. The van der Waals surface area contributed by atoms with Gasteiger partial charge in [-0.05, 0) is 19.8 Å². The molecule has 0 radical (unpaired) electrons. The fourth-order valence-corrected chi connectivity index (χ4v) is 1.78. The minimum Gasteiger partial charge on any atom is -0.287 e. The van der Waals surface area contributed by atoms with Crippen LogP contribution in [0.25, 0.3) is 0 Å². The minimum absolute atomic E-state index is 0.0423. The molecule has 14 heavy (non-hydrogen) atoms. The first-order valence-corrected chi connectivity index (χ1v) is 5.97. The first kappa shape index (κ1) is 13.9. The Bertz CT molecular complexity index is 166. The van der Waals surface area contributed by atoms with E-state index < -0.39 is 5.92 Å². The summed E-state index contributed by atoms with van der Waals surface area (Å²) in [4.78, 5) is 10.8. The molecule has 0 atom stereocenters. The third-order valence-electron chi connectivity index (χ3n) is 1.81. The SMILES string of the molecule is CCC(=O)SCCCCCC(C)(F)F. The van der Waals surface area contributed by atoms with Crippen molar-refractivity contribution in [1.29, 1.82) is 0 Å². The summed E-state index contributed by atoms with van der Waals surface area (Å²) < 4.78 is 24.7. The van der Waals surface area contributed by atoms with E-state index in [0.29, 0.717) is 12.8 Å². The predicted octanol–water partition coefficient (Wildman–Crippen LogP) is 3.87. The average molecular weight is 224 g/mol. The van der Waals surface area contributed by atoms with E-state index in [1.54, 1.807) is 0 Å². The van der Waals surface area contributed by atoms with Crippen LogP contribution in [0.5, 0.6) is 0 Å². The lowest BCUT2D eigenvalue weighted by Crippen LogP contribution is -2.08. The standard InChI is InChI=1S/C10H18F2OS/c1-3-9(13)14-8-6-4-5-7-10(2,11)12/h3-8H2,1-2H3. The lowest BCUT2D eigenvalue weighted by atomic mass is 10.1. The van der Waals surface area contributed by atoms with Crippen molar-refractivity contribution >= 4 is 16.9 Å². The molecule has 0 saturated heterocycles. The summed E-state index contributed by atoms with van der Waals surface area (Å²) in [7, 11) is 0. The van der Waals surface area contributed by atoms with Crippen LogP contribution in [0.3, 0.4) is 0 Å². The molecule has 0 aromatic heterocycles. The van der Waals surface area contributed by atoms with Crippen molar-refractivity contribution in [2.75, 3.05) is 5.75 Å². The second-order valence-electron chi connectivity index (χ2n) is 3.45. The molecule has 0 fully saturated rings. The fraction of sp³-hybridized carbons (Fsp3) is 0.900. The summed E-state index contributed by atoms with van der Waals surface area (Å²) in [5.41, 5.74) is 0. The Balaban J connectivity index is 3.18. The quantitative estimate of drug-likeness (QED) is 0.611. The lowest BCUT2D eigenvalue weighted by molar-refractivity contribution is -0.110. The highest BCUT2D eigenvalue weighted by molar-refractivity contribution is 8.13. The predicted molar refractivity (Wildman–Crippen MR) is 56.8 cm³/mol. The van der Waals surface area contributed by atoms with Gasteiger partial charge in [0.25, 0.3) is 0 Å². The Labute approximate surface area is 88.6 Å². The minimum atomic E-state index is -2.54. The molecule has 0 unspecified atom stereocenters. The van der Waals surface area contributed by atoms with Crippen molar-refractivity contribution in [3.63, 3.8) is 0 Å². The van der Waals surface area contributed by atoms with Gasteiger partial charge in [0.1, 0.15) is 0 Å². The zero-order chi connectivity index (χ0) is 11.0. The Morgan fingerprint density at radius 2 is 1.93 bits per heavy atom. The van der Waals surface area contributed by atoms with Gasteiger partial charge >= 0.3 is 0 Å². The highest BCUT2D eigenvalue weighted by atomic mass is 32.2. The molecule has 0 spiro atoms. The van der Waals surface area contributed by atoms with E-state index in [-0.39, 0.29) is 11.5 Å². The van der Waals surface area contributed by atoms with E-state index in [1.165, 1.54) is 11.8 Å². The lowest BCUT2D eigenvalue weighted by Gasteiger charge is -2.08. The highest BCUT2D eigenvalue weighted by Crippen LogP contribution is 2.20. The number of thioether (sulfide) groups is 1. The maximum Gasteiger partial charge on any atom is 0.245 e. The summed E-state index contributed by atoms with van der Waals surface area (Å²) in [5, 5.41) is 0.186. The number of carbonyl (C=O) groups excluding carboxylic acids is 1. The molecule has 0 aromatic rings. The zero-order valence-corrected chi connectivity index (χ0v) is 9.63. The average Bonchev–Trinajstić information content (AvgIpc) is 2.08. The molecule has 1 nitrogen and oxygen atoms in total. The Hall–Kier alpha value is -0.120. The number of rotatable bonds is 7. The van der Waals surface area contributed by atoms with Crippen molar-refractivity contribution in [2.45, 2.75) is 51.9 Å². The molecule has 0 saturated carbocycles. The van der Waals surface area contributed by atoms with Crippen LogP contribution in [0, 0.1) is 0 Å². The number of alkyl halides is 2. The van der Waals surface area contributed by atoms with Gasteiger partial charge in [-0.1, -0.05) is 25.1 Å². The van der Waals surface area contributed by atoms with Crippen LogP contribution in [-0.4, -0.2) is 16.8 Å². The van der Waals surface area contributed by atoms with Gasteiger partial charge in [-0.2, -0.15) is 0 Å². The summed E-state index contributed by atoms with van der Waals surface area (Å²) >= 11 is 1.31. The molecular formula is C10H18F2OS. The first-order valence-electron chi connectivity index (χ1n) is 4.99. The molecule has 0 N–H and O–H groups in total. The largest absolute Gasteiger partial charge is 0.287 e. The van der Waals surface area contributed by atoms with Gasteiger partial charge in [0.2, 0.25) is 5.92 Å². The molecule has 4 heteroatoms. The fourth-order valence-electron chi connectivity index (χ4n) is 1.00. The van der Waals surface area contributed by atoms with E-state index in [9.17, 15) is 13.6 Å². The summed E-state index contributed by atoms with van der Waals surface area (Å²) in [5.74, 6) is -1.77. The van der Waals surface area contributed by atoms with E-state index in [4.69, 9.17) is 0 Å². The maximum absolute atomic E-state index is 12.4. The highest BCUT2D eigenvalue weighted by Gasteiger charge is 2.19. The maximum atomic E-state index is 12.4. The zero-order valence-electron chi connectivity index (χ0n) is 8.82. The number of hydrogen-bond donors (Lipinski definition) is 0. The number of hydrogen-bond acceptors (Lipinski definition) is 2. The van der Waals surface area contributed by atoms with Gasteiger partial charge in [-0.25, -0.2) is 8.78 Å². The molecule has 0 aromatic carbocycles. The van der Waals surface area contributed by atoms with Gasteiger partial charge in [-0.3, -0.25) is 4.79 Å². The van der Waals surface area contributed by atoms with E-state index in [0.717, 1.165) is 25.5 Å². The van der Waals surface area contributed by atoms with Gasteiger partial charge < -0.3 is 0 Å². The Kier molecular flexibility index (Phi) is 7.15. The van der Waals surface area contributed by atoms with Crippen molar-refractivity contribution in [3.05, 3.63) is 0 Å². The van der Waals surface area contributed by atoms with Crippen molar-refractivity contribution in [3.8, 4) is 0 Å². The normalized spacial score (nSPS) is 11.7. The molecule has 0 bridgehead atoms. The third kappa shape index (κ3) is 9.96. The smallest absolute Gasteiger partial charge is 0.245 e. The Morgan fingerprint density at radius 3 is 2.43 bits per heavy atom. The summed E-state index contributed by atoms with van der Waals surface area (Å²) in [6, 6.07) is 0. The van der Waals surface area contributed by atoms with Crippen molar-refractivity contribution < 1.29 is 13.6 Å². The van der Waals surface area contributed by atoms with Crippen LogP contribution >= 0.6 is 11.8 Å². The third-order valence-corrected chi connectivity index (χ3v) is 2.92. The number of halogens is 2. The van der Waals surface area contributed by atoms with Crippen LogP contribution < -0.4 is 0 Å². The van der Waals surface area contributed by atoms with Crippen LogP contribution in [0.15, 0.2) is 0 Å². The molecular weight excluding hydrogens is 206 g/mol. The van der Waals surface area contributed by atoms with Crippen molar-refractivity contribution in [1.82, 2.24) is 0 Å². The van der Waals surface area contributed by atoms with E-state index >= 15 is 0 Å². The molecule has 0 aliphatic carbocycles. The van der Waals surface area contributed by atoms with Crippen molar-refractivity contribution in [2.24, 2.45) is 0 Å². The van der Waals surface area contributed by atoms with Crippen LogP contribution in [0.4, 0.5) is 8.78 Å². The van der Waals surface area contributed by atoms with Gasteiger partial charge in [0, 0.05) is 18.6 Å². The molecule has 0 aliphatic rings. The van der Waals surface area contributed by atoms with Crippen LogP contribution in [0.2, 0.25) is 0 Å². The van der Waals surface area contributed by atoms with Crippen LogP contribution in [-0.2, 0) is 4.79 Å². The van der Waals surface area contributed by atoms with E-state index in [2.05, 4.69) is 0 Å². The second kappa shape index (κ2) is 7.21. The summed E-state index contributed by atoms with van der Waals surface area (Å²) in [6.07, 6.45) is 2.70. The van der Waals surface area contributed by atoms with Gasteiger partial charge in [-0.15, -0.1) is 0 Å². The monoisotopic (exact) mass is 224 g/mol. The second-order valence-corrected chi connectivity index (χ2v) is 4.61. The first-order chi connectivity index (χ1) is 6.45. The Morgan fingerprint density at radius 1 is 1.29 bits per heavy atom.